The first kappa shape index (κ1) is 23.8. The number of nitrogens with one attached hydrogen (secondary N) is 1. The smallest absolute Gasteiger partial charge is 0.193 e. The summed E-state index contributed by atoms with van der Waals surface area (Å²) in [5, 5.41) is 13.1. The maximum Gasteiger partial charge on any atom is 0.193 e. The number of benzene rings is 1. The second-order valence-corrected chi connectivity index (χ2v) is 7.34. The van der Waals surface area contributed by atoms with Crippen molar-refractivity contribution in [2.75, 3.05) is 40.4 Å². The van der Waals surface area contributed by atoms with Gasteiger partial charge in [-0.2, -0.15) is 0 Å². The summed E-state index contributed by atoms with van der Waals surface area (Å²) < 4.78 is 10.8. The summed E-state index contributed by atoms with van der Waals surface area (Å²) in [6.45, 7) is 9.60. The molecule has 1 saturated heterocycles. The van der Waals surface area contributed by atoms with E-state index in [2.05, 4.69) is 37.1 Å². The van der Waals surface area contributed by atoms with Crippen LogP contribution in [0.1, 0.15) is 39.2 Å². The Kier molecular flexibility index (Phi) is 9.66. The number of hydrogen-bond donors (Lipinski definition) is 2. The van der Waals surface area contributed by atoms with Crippen molar-refractivity contribution >= 4 is 29.9 Å². The van der Waals surface area contributed by atoms with Crippen molar-refractivity contribution in [2.24, 2.45) is 4.99 Å². The van der Waals surface area contributed by atoms with Gasteiger partial charge in [0.2, 0.25) is 0 Å². The number of piperidine rings is 1. The van der Waals surface area contributed by atoms with Crippen molar-refractivity contribution in [1.29, 1.82) is 0 Å². The highest BCUT2D eigenvalue weighted by molar-refractivity contribution is 14.0. The van der Waals surface area contributed by atoms with Gasteiger partial charge in [-0.15, -0.1) is 24.0 Å². The molecule has 0 bridgehead atoms. The Bertz CT molecular complexity index is 614. The lowest BCUT2D eigenvalue weighted by molar-refractivity contribution is 0.108. The molecular formula is C20H34IN3O3. The van der Waals surface area contributed by atoms with Gasteiger partial charge >= 0.3 is 0 Å². The van der Waals surface area contributed by atoms with Crippen LogP contribution in [0.3, 0.4) is 0 Å². The number of aliphatic hydroxyl groups is 1. The van der Waals surface area contributed by atoms with Crippen molar-refractivity contribution in [2.45, 2.75) is 45.1 Å². The van der Waals surface area contributed by atoms with Crippen LogP contribution in [0, 0.1) is 0 Å². The summed E-state index contributed by atoms with van der Waals surface area (Å²) in [5.41, 5.74) is 1.01. The molecule has 0 atom stereocenters. The number of halogens is 1. The van der Waals surface area contributed by atoms with Crippen LogP contribution in [-0.2, 0) is 5.41 Å². The molecule has 7 heteroatoms. The Morgan fingerprint density at radius 3 is 2.41 bits per heavy atom. The summed E-state index contributed by atoms with van der Waals surface area (Å²) in [6.07, 6.45) is 1.41. The molecule has 1 aromatic carbocycles. The normalized spacial score (nSPS) is 15.9. The first-order valence-corrected chi connectivity index (χ1v) is 9.35. The highest BCUT2D eigenvalue weighted by atomic mass is 127. The number of methoxy groups -OCH3 is 2. The van der Waals surface area contributed by atoms with Gasteiger partial charge < -0.3 is 24.8 Å². The molecule has 1 fully saturated rings. The number of aliphatic hydroxyl groups excluding tert-OH is 1. The van der Waals surface area contributed by atoms with Crippen LogP contribution in [0.5, 0.6) is 11.5 Å². The van der Waals surface area contributed by atoms with Gasteiger partial charge in [0.15, 0.2) is 17.5 Å². The minimum absolute atomic E-state index is 0. The van der Waals surface area contributed by atoms with Crippen LogP contribution >= 0.6 is 24.0 Å². The molecule has 1 aromatic rings. The lowest BCUT2D eigenvalue weighted by atomic mass is 9.84. The largest absolute Gasteiger partial charge is 0.493 e. The van der Waals surface area contributed by atoms with Crippen molar-refractivity contribution in [3.05, 3.63) is 23.8 Å². The third kappa shape index (κ3) is 6.41. The van der Waals surface area contributed by atoms with E-state index in [0.29, 0.717) is 6.54 Å². The molecule has 154 valence electrons. The van der Waals surface area contributed by atoms with Gasteiger partial charge in [-0.05, 0) is 37.5 Å². The molecule has 0 amide bonds. The molecular weight excluding hydrogens is 457 g/mol. The zero-order valence-electron chi connectivity index (χ0n) is 17.1. The lowest BCUT2D eigenvalue weighted by Crippen LogP contribution is -2.47. The summed E-state index contributed by atoms with van der Waals surface area (Å²) in [5.74, 6) is 2.39. The van der Waals surface area contributed by atoms with Crippen LogP contribution in [0.25, 0.3) is 0 Å². The second-order valence-electron chi connectivity index (χ2n) is 7.34. The number of guanidine groups is 1. The van der Waals surface area contributed by atoms with Gasteiger partial charge in [0, 0.05) is 25.0 Å². The van der Waals surface area contributed by atoms with E-state index in [1.165, 1.54) is 0 Å². The van der Waals surface area contributed by atoms with E-state index in [0.717, 1.165) is 55.5 Å². The molecule has 1 heterocycles. The van der Waals surface area contributed by atoms with Crippen molar-refractivity contribution in [3.8, 4) is 11.5 Å². The highest BCUT2D eigenvalue weighted by Crippen LogP contribution is 2.33. The first-order valence-electron chi connectivity index (χ1n) is 9.35. The van der Waals surface area contributed by atoms with Crippen molar-refractivity contribution in [1.82, 2.24) is 10.2 Å². The Hall–Kier alpha value is -1.22. The zero-order chi connectivity index (χ0) is 19.2. The van der Waals surface area contributed by atoms with E-state index < -0.39 is 0 Å². The molecule has 0 unspecified atom stereocenters. The molecule has 27 heavy (non-hydrogen) atoms. The Morgan fingerprint density at radius 2 is 1.85 bits per heavy atom. The van der Waals surface area contributed by atoms with E-state index >= 15 is 0 Å². The fourth-order valence-electron chi connectivity index (χ4n) is 3.12. The van der Waals surface area contributed by atoms with Crippen molar-refractivity contribution in [3.63, 3.8) is 0 Å². The monoisotopic (exact) mass is 491 g/mol. The molecule has 6 nitrogen and oxygen atoms in total. The molecule has 2 N–H and O–H groups in total. The standard InChI is InChI=1S/C20H33N3O3.HI/c1-6-21-19(23-11-9-16(24)10-12-23)22-14-20(2,3)15-7-8-17(25-4)18(13-15)26-5;/h7-8,13,16,24H,6,9-12,14H2,1-5H3,(H,21,22);1H. The van der Waals surface area contributed by atoms with Gasteiger partial charge in [-0.1, -0.05) is 19.9 Å². The Balaban J connectivity index is 0.00000364. The molecule has 1 aliphatic heterocycles. The van der Waals surface area contributed by atoms with Crippen LogP contribution in [0.15, 0.2) is 23.2 Å². The minimum Gasteiger partial charge on any atom is -0.493 e. The van der Waals surface area contributed by atoms with Crippen molar-refractivity contribution < 1.29 is 14.6 Å². The second kappa shape index (κ2) is 10.9. The molecule has 0 saturated carbocycles. The molecule has 0 aliphatic carbocycles. The zero-order valence-corrected chi connectivity index (χ0v) is 19.4. The maximum atomic E-state index is 9.73. The third-order valence-corrected chi connectivity index (χ3v) is 4.89. The molecule has 1 aliphatic rings. The topological polar surface area (TPSA) is 66.3 Å². The van der Waals surface area contributed by atoms with E-state index in [4.69, 9.17) is 14.5 Å². The number of nitrogens with zero attached hydrogens (tertiary/aromatic N) is 2. The van der Waals surface area contributed by atoms with E-state index in [-0.39, 0.29) is 35.5 Å². The van der Waals surface area contributed by atoms with Gasteiger partial charge in [-0.3, -0.25) is 4.99 Å². The summed E-state index contributed by atoms with van der Waals surface area (Å²) in [7, 11) is 3.30. The quantitative estimate of drug-likeness (QED) is 0.364. The summed E-state index contributed by atoms with van der Waals surface area (Å²) in [6, 6.07) is 6.04. The first-order chi connectivity index (χ1) is 12.4. The highest BCUT2D eigenvalue weighted by Gasteiger charge is 2.24. The number of ether oxygens (including phenoxy) is 2. The SMILES string of the molecule is CCNC(=NCC(C)(C)c1ccc(OC)c(OC)c1)N1CCC(O)CC1.I. The van der Waals surface area contributed by atoms with Gasteiger partial charge in [0.05, 0.1) is 26.9 Å². The van der Waals surface area contributed by atoms with E-state index in [1.54, 1.807) is 14.2 Å². The minimum atomic E-state index is -0.183. The van der Waals surface area contributed by atoms with Gasteiger partial charge in [0.25, 0.3) is 0 Å². The molecule has 0 radical (unpaired) electrons. The third-order valence-electron chi connectivity index (χ3n) is 4.89. The number of rotatable bonds is 6. The average molecular weight is 491 g/mol. The van der Waals surface area contributed by atoms with Gasteiger partial charge in [0.1, 0.15) is 0 Å². The molecule has 2 rings (SSSR count). The fourth-order valence-corrected chi connectivity index (χ4v) is 3.12. The summed E-state index contributed by atoms with van der Waals surface area (Å²) >= 11 is 0. The fraction of sp³-hybridized carbons (Fsp3) is 0.650. The maximum absolute atomic E-state index is 9.73. The van der Waals surface area contributed by atoms with Crippen LogP contribution < -0.4 is 14.8 Å². The lowest BCUT2D eigenvalue weighted by Gasteiger charge is -2.33. The van der Waals surface area contributed by atoms with Crippen LogP contribution in [0.4, 0.5) is 0 Å². The van der Waals surface area contributed by atoms with Gasteiger partial charge in [-0.25, -0.2) is 0 Å². The number of likely N-dealkylation sites (tertiary alicyclic amines) is 1. The van der Waals surface area contributed by atoms with E-state index in [1.807, 2.05) is 12.1 Å². The Morgan fingerprint density at radius 1 is 1.22 bits per heavy atom. The number of aliphatic imine (C=N–C) groups is 1. The van der Waals surface area contributed by atoms with E-state index in [9.17, 15) is 5.11 Å². The Labute approximate surface area is 180 Å². The average Bonchev–Trinajstić information content (AvgIpc) is 2.65. The number of hydrogen-bond acceptors (Lipinski definition) is 4. The van der Waals surface area contributed by atoms with Crippen LogP contribution in [-0.4, -0.2) is 62.5 Å². The predicted molar refractivity (Wildman–Crippen MR) is 121 cm³/mol. The summed E-state index contributed by atoms with van der Waals surface area (Å²) in [4.78, 5) is 7.12. The predicted octanol–water partition coefficient (Wildman–Crippen LogP) is 3.02. The molecule has 0 spiro atoms. The molecule has 0 aromatic heterocycles. The van der Waals surface area contributed by atoms with Crippen LogP contribution in [0.2, 0.25) is 0 Å².